The third-order valence-corrected chi connectivity index (χ3v) is 7.44. The molecular weight excluding hydrogens is 388 g/mol. The normalized spacial score (nSPS) is 15.9. The van der Waals surface area contributed by atoms with Crippen molar-refractivity contribution in [2.45, 2.75) is 38.5 Å². The quantitative estimate of drug-likeness (QED) is 0.807. The molecule has 0 bridgehead atoms. The smallest absolute Gasteiger partial charge is 0.243 e. The van der Waals surface area contributed by atoms with E-state index in [9.17, 15) is 13.2 Å². The molecule has 0 aliphatic carbocycles. The second-order valence-electron chi connectivity index (χ2n) is 7.64. The molecule has 1 N–H and O–H groups in total. The highest BCUT2D eigenvalue weighted by Crippen LogP contribution is 2.29. The van der Waals surface area contributed by atoms with Gasteiger partial charge in [-0.25, -0.2) is 8.42 Å². The number of ether oxygens (including phenoxy) is 1. The Hall–Kier alpha value is -2.38. The van der Waals surface area contributed by atoms with Crippen molar-refractivity contribution in [3.05, 3.63) is 53.1 Å². The number of methoxy groups -OCH3 is 1. The monoisotopic (exact) mass is 416 g/mol. The fourth-order valence-electron chi connectivity index (χ4n) is 3.64. The molecule has 1 aliphatic rings. The summed E-state index contributed by atoms with van der Waals surface area (Å²) in [5, 5.41) is 2.94. The van der Waals surface area contributed by atoms with Gasteiger partial charge in [-0.05, 0) is 68.5 Å². The molecule has 1 heterocycles. The molecule has 1 aliphatic heterocycles. The maximum Gasteiger partial charge on any atom is 0.243 e. The van der Waals surface area contributed by atoms with Gasteiger partial charge in [0, 0.05) is 19.0 Å². The Morgan fingerprint density at radius 3 is 2.31 bits per heavy atom. The van der Waals surface area contributed by atoms with Gasteiger partial charge < -0.3 is 10.1 Å². The Morgan fingerprint density at radius 1 is 1.03 bits per heavy atom. The average molecular weight is 417 g/mol. The van der Waals surface area contributed by atoms with Gasteiger partial charge >= 0.3 is 0 Å². The summed E-state index contributed by atoms with van der Waals surface area (Å²) in [6.07, 6.45) is 0.980. The zero-order valence-corrected chi connectivity index (χ0v) is 18.2. The van der Waals surface area contributed by atoms with E-state index in [-0.39, 0.29) is 11.8 Å². The molecule has 1 fully saturated rings. The minimum atomic E-state index is -3.56. The summed E-state index contributed by atoms with van der Waals surface area (Å²) >= 11 is 0. The van der Waals surface area contributed by atoms with Gasteiger partial charge in [0.1, 0.15) is 5.75 Å². The standard InChI is InChI=1S/C22H28N2O4S/c1-15-6-8-20(28-4)19(13-15)23-22(25)18-9-11-24(12-10-18)29(26,27)21-14-16(2)5-7-17(21)3/h5-8,13-14,18H,9-12H2,1-4H3,(H,23,25). The summed E-state index contributed by atoms with van der Waals surface area (Å²) in [7, 11) is -1.99. The van der Waals surface area contributed by atoms with Crippen LogP contribution in [-0.2, 0) is 14.8 Å². The lowest BCUT2D eigenvalue weighted by Crippen LogP contribution is -2.41. The number of carbonyl (C=O) groups excluding carboxylic acids is 1. The Kier molecular flexibility index (Phi) is 6.29. The third kappa shape index (κ3) is 4.62. The van der Waals surface area contributed by atoms with Crippen molar-refractivity contribution in [2.24, 2.45) is 5.92 Å². The topological polar surface area (TPSA) is 75.7 Å². The molecule has 1 saturated heterocycles. The summed E-state index contributed by atoms with van der Waals surface area (Å²) in [6.45, 7) is 6.31. The SMILES string of the molecule is COc1ccc(C)cc1NC(=O)C1CCN(S(=O)(=O)c2cc(C)ccc2C)CC1. The van der Waals surface area contributed by atoms with Crippen LogP contribution in [0.2, 0.25) is 0 Å². The third-order valence-electron chi connectivity index (χ3n) is 5.40. The molecule has 2 aromatic carbocycles. The van der Waals surface area contributed by atoms with Crippen LogP contribution in [0.3, 0.4) is 0 Å². The van der Waals surface area contributed by atoms with E-state index < -0.39 is 10.0 Å². The first kappa shape index (κ1) is 21.3. The molecule has 3 rings (SSSR count). The number of aryl methyl sites for hydroxylation is 3. The average Bonchev–Trinajstić information content (AvgIpc) is 2.70. The highest BCUT2D eigenvalue weighted by Gasteiger charge is 2.33. The molecule has 0 radical (unpaired) electrons. The van der Waals surface area contributed by atoms with Crippen molar-refractivity contribution in [3.8, 4) is 5.75 Å². The van der Waals surface area contributed by atoms with Crippen molar-refractivity contribution >= 4 is 21.6 Å². The molecule has 2 aromatic rings. The minimum absolute atomic E-state index is 0.0994. The number of piperidine rings is 1. The zero-order valence-electron chi connectivity index (χ0n) is 17.4. The minimum Gasteiger partial charge on any atom is -0.495 e. The largest absolute Gasteiger partial charge is 0.495 e. The van der Waals surface area contributed by atoms with E-state index >= 15 is 0 Å². The molecule has 156 valence electrons. The fourth-order valence-corrected chi connectivity index (χ4v) is 5.42. The number of hydrogen-bond acceptors (Lipinski definition) is 4. The van der Waals surface area contributed by atoms with E-state index in [1.54, 1.807) is 13.2 Å². The Balaban J connectivity index is 1.68. The first-order chi connectivity index (χ1) is 13.7. The van der Waals surface area contributed by atoms with Gasteiger partial charge in [-0.3, -0.25) is 4.79 Å². The number of nitrogens with one attached hydrogen (secondary N) is 1. The molecule has 0 saturated carbocycles. The van der Waals surface area contributed by atoms with Crippen LogP contribution < -0.4 is 10.1 Å². The second kappa shape index (κ2) is 8.55. The molecule has 0 atom stereocenters. The first-order valence-corrected chi connectivity index (χ1v) is 11.2. The van der Waals surface area contributed by atoms with Crippen LogP contribution in [0.4, 0.5) is 5.69 Å². The van der Waals surface area contributed by atoms with Gasteiger partial charge in [-0.15, -0.1) is 0 Å². The van der Waals surface area contributed by atoms with Crippen molar-refractivity contribution in [3.63, 3.8) is 0 Å². The van der Waals surface area contributed by atoms with Crippen LogP contribution in [0.5, 0.6) is 5.75 Å². The molecule has 1 amide bonds. The van der Waals surface area contributed by atoms with Crippen LogP contribution >= 0.6 is 0 Å². The molecule has 29 heavy (non-hydrogen) atoms. The number of amides is 1. The van der Waals surface area contributed by atoms with Crippen LogP contribution in [0.15, 0.2) is 41.3 Å². The van der Waals surface area contributed by atoms with Crippen LogP contribution in [-0.4, -0.2) is 38.8 Å². The van der Waals surface area contributed by atoms with Crippen LogP contribution in [0, 0.1) is 26.7 Å². The van der Waals surface area contributed by atoms with E-state index in [2.05, 4.69) is 5.32 Å². The molecular formula is C22H28N2O4S. The summed E-state index contributed by atoms with van der Waals surface area (Å²) < 4.78 is 32.9. The Labute approximate surface area is 172 Å². The van der Waals surface area contributed by atoms with Crippen LogP contribution in [0.25, 0.3) is 0 Å². The van der Waals surface area contributed by atoms with Gasteiger partial charge in [-0.2, -0.15) is 4.31 Å². The summed E-state index contributed by atoms with van der Waals surface area (Å²) in [6, 6.07) is 11.1. The molecule has 0 unspecified atom stereocenters. The van der Waals surface area contributed by atoms with Gasteiger partial charge in [0.2, 0.25) is 15.9 Å². The van der Waals surface area contributed by atoms with E-state index in [1.165, 1.54) is 4.31 Å². The summed E-state index contributed by atoms with van der Waals surface area (Å²) in [5.41, 5.74) is 3.32. The number of nitrogens with zero attached hydrogens (tertiary/aromatic N) is 1. The number of hydrogen-bond donors (Lipinski definition) is 1. The molecule has 0 spiro atoms. The predicted molar refractivity (Wildman–Crippen MR) is 114 cm³/mol. The zero-order chi connectivity index (χ0) is 21.2. The number of benzene rings is 2. The maximum atomic E-state index is 13.1. The van der Waals surface area contributed by atoms with Gasteiger partial charge in [0.25, 0.3) is 0 Å². The number of carbonyl (C=O) groups is 1. The summed E-state index contributed by atoms with van der Waals surface area (Å²) in [4.78, 5) is 13.1. The second-order valence-corrected chi connectivity index (χ2v) is 9.55. The lowest BCUT2D eigenvalue weighted by molar-refractivity contribution is -0.120. The van der Waals surface area contributed by atoms with Crippen molar-refractivity contribution in [2.75, 3.05) is 25.5 Å². The van der Waals surface area contributed by atoms with E-state index in [1.807, 2.05) is 51.1 Å². The molecule has 0 aromatic heterocycles. The van der Waals surface area contributed by atoms with Crippen molar-refractivity contribution in [1.82, 2.24) is 4.31 Å². The van der Waals surface area contributed by atoms with Crippen molar-refractivity contribution in [1.29, 1.82) is 0 Å². The highest BCUT2D eigenvalue weighted by molar-refractivity contribution is 7.89. The van der Waals surface area contributed by atoms with E-state index in [4.69, 9.17) is 4.74 Å². The number of sulfonamides is 1. The lowest BCUT2D eigenvalue weighted by Gasteiger charge is -2.31. The van der Waals surface area contributed by atoms with Gasteiger partial charge in [0.15, 0.2) is 0 Å². The molecule has 7 heteroatoms. The van der Waals surface area contributed by atoms with E-state index in [0.717, 1.165) is 16.7 Å². The Morgan fingerprint density at radius 2 is 1.66 bits per heavy atom. The van der Waals surface area contributed by atoms with Crippen molar-refractivity contribution < 1.29 is 17.9 Å². The maximum absolute atomic E-state index is 13.1. The molecule has 6 nitrogen and oxygen atoms in total. The summed E-state index contributed by atoms with van der Waals surface area (Å²) in [5.74, 6) is 0.279. The highest BCUT2D eigenvalue weighted by atomic mass is 32.2. The van der Waals surface area contributed by atoms with Crippen LogP contribution in [0.1, 0.15) is 29.5 Å². The fraction of sp³-hybridized carbons (Fsp3) is 0.409. The predicted octanol–water partition coefficient (Wildman–Crippen LogP) is 3.66. The number of anilines is 1. The number of rotatable bonds is 5. The first-order valence-electron chi connectivity index (χ1n) is 9.75. The van der Waals surface area contributed by atoms with Gasteiger partial charge in [-0.1, -0.05) is 18.2 Å². The van der Waals surface area contributed by atoms with Gasteiger partial charge in [0.05, 0.1) is 17.7 Å². The van der Waals surface area contributed by atoms with E-state index in [0.29, 0.717) is 42.3 Å². The Bertz CT molecular complexity index is 1010. The lowest BCUT2D eigenvalue weighted by atomic mass is 9.97.